The third-order valence-electron chi connectivity index (χ3n) is 3.36. The lowest BCUT2D eigenvalue weighted by atomic mass is 9.94. The van der Waals surface area contributed by atoms with Crippen molar-refractivity contribution in [3.05, 3.63) is 29.8 Å². The molecule has 0 fully saturated rings. The van der Waals surface area contributed by atoms with Gasteiger partial charge >= 0.3 is 0 Å². The topological polar surface area (TPSA) is 21.3 Å². The molecule has 1 N–H and O–H groups in total. The molecule has 0 aromatic heterocycles. The summed E-state index contributed by atoms with van der Waals surface area (Å²) in [6.07, 6.45) is 2.41. The van der Waals surface area contributed by atoms with Crippen molar-refractivity contribution >= 4 is 0 Å². The molecular formula is C16H27NO. The van der Waals surface area contributed by atoms with Crippen molar-refractivity contribution in [3.8, 4) is 5.75 Å². The van der Waals surface area contributed by atoms with Crippen molar-refractivity contribution in [1.29, 1.82) is 0 Å². The number of rotatable bonds is 8. The minimum absolute atomic E-state index is 0.436. The quantitative estimate of drug-likeness (QED) is 0.746. The van der Waals surface area contributed by atoms with Crippen LogP contribution in [0.5, 0.6) is 5.75 Å². The molecule has 0 bridgehead atoms. The summed E-state index contributed by atoms with van der Waals surface area (Å²) in [5.74, 6) is 1.71. The van der Waals surface area contributed by atoms with Gasteiger partial charge in [-0.15, -0.1) is 0 Å². The summed E-state index contributed by atoms with van der Waals surface area (Å²) in [4.78, 5) is 0. The lowest BCUT2D eigenvalue weighted by molar-refractivity contribution is 0.338. The second-order valence-corrected chi connectivity index (χ2v) is 4.86. The molecule has 2 atom stereocenters. The number of nitrogens with one attached hydrogen (secondary N) is 1. The molecule has 2 unspecified atom stereocenters. The van der Waals surface area contributed by atoms with Gasteiger partial charge in [-0.3, -0.25) is 0 Å². The summed E-state index contributed by atoms with van der Waals surface area (Å²) in [5, 5.41) is 3.58. The predicted octanol–water partition coefficient (Wildman–Crippen LogP) is 4.17. The van der Waals surface area contributed by atoms with Crippen LogP contribution < -0.4 is 10.1 Å². The molecule has 0 saturated carbocycles. The zero-order valence-electron chi connectivity index (χ0n) is 12.2. The number of hydrogen-bond donors (Lipinski definition) is 1. The van der Waals surface area contributed by atoms with Gasteiger partial charge in [-0.25, -0.2) is 0 Å². The Kier molecular flexibility index (Phi) is 6.81. The molecule has 1 rings (SSSR count). The highest BCUT2D eigenvalue weighted by Crippen LogP contribution is 2.25. The maximum Gasteiger partial charge on any atom is 0.119 e. The molecule has 2 heteroatoms. The van der Waals surface area contributed by atoms with Gasteiger partial charge in [-0.05, 0) is 43.5 Å². The van der Waals surface area contributed by atoms with Gasteiger partial charge in [-0.1, -0.05) is 39.3 Å². The molecule has 0 aliphatic rings. The fourth-order valence-electron chi connectivity index (χ4n) is 2.14. The maximum absolute atomic E-state index is 5.58. The van der Waals surface area contributed by atoms with Crippen LogP contribution in [0.3, 0.4) is 0 Å². The first-order chi connectivity index (χ1) is 8.71. The molecule has 102 valence electrons. The Morgan fingerprint density at radius 2 is 2.00 bits per heavy atom. The zero-order chi connectivity index (χ0) is 13.4. The van der Waals surface area contributed by atoms with E-state index in [4.69, 9.17) is 4.74 Å². The Bertz CT molecular complexity index is 338. The predicted molar refractivity (Wildman–Crippen MR) is 78.1 cm³/mol. The highest BCUT2D eigenvalue weighted by atomic mass is 16.5. The second-order valence-electron chi connectivity index (χ2n) is 4.86. The Balaban J connectivity index is 2.80. The SMILES string of the molecule is CCNC(CC(C)CC)c1cccc(OCC)c1. The van der Waals surface area contributed by atoms with E-state index in [1.54, 1.807) is 0 Å². The van der Waals surface area contributed by atoms with Crippen molar-refractivity contribution < 1.29 is 4.74 Å². The minimum Gasteiger partial charge on any atom is -0.494 e. The molecule has 0 aliphatic carbocycles. The maximum atomic E-state index is 5.58. The van der Waals surface area contributed by atoms with Crippen LogP contribution in [0.25, 0.3) is 0 Å². The molecule has 0 saturated heterocycles. The van der Waals surface area contributed by atoms with E-state index in [9.17, 15) is 0 Å². The summed E-state index contributed by atoms with van der Waals surface area (Å²) < 4.78 is 5.58. The van der Waals surface area contributed by atoms with Crippen LogP contribution >= 0.6 is 0 Å². The van der Waals surface area contributed by atoms with Crippen LogP contribution in [0.15, 0.2) is 24.3 Å². The first kappa shape index (κ1) is 15.0. The van der Waals surface area contributed by atoms with Crippen molar-refractivity contribution in [2.45, 2.75) is 46.6 Å². The summed E-state index contributed by atoms with van der Waals surface area (Å²) in [5.41, 5.74) is 1.34. The normalized spacial score (nSPS) is 14.2. The van der Waals surface area contributed by atoms with Crippen LogP contribution in [-0.4, -0.2) is 13.2 Å². The van der Waals surface area contributed by atoms with E-state index in [1.165, 1.54) is 18.4 Å². The third-order valence-corrected chi connectivity index (χ3v) is 3.36. The summed E-state index contributed by atoms with van der Waals surface area (Å²) in [7, 11) is 0. The van der Waals surface area contributed by atoms with Gasteiger partial charge in [0.2, 0.25) is 0 Å². The Morgan fingerprint density at radius 3 is 2.61 bits per heavy atom. The third kappa shape index (κ3) is 4.69. The fraction of sp³-hybridized carbons (Fsp3) is 0.625. The Labute approximate surface area is 112 Å². The summed E-state index contributed by atoms with van der Waals surface area (Å²) >= 11 is 0. The second kappa shape index (κ2) is 8.15. The molecule has 2 nitrogen and oxygen atoms in total. The largest absolute Gasteiger partial charge is 0.494 e. The lowest BCUT2D eigenvalue weighted by Crippen LogP contribution is -2.22. The molecule has 0 aliphatic heterocycles. The van der Waals surface area contributed by atoms with Gasteiger partial charge in [-0.2, -0.15) is 0 Å². The molecule has 0 heterocycles. The number of ether oxygens (including phenoxy) is 1. The first-order valence-corrected chi connectivity index (χ1v) is 7.17. The highest BCUT2D eigenvalue weighted by Gasteiger charge is 2.14. The molecule has 1 aromatic carbocycles. The molecule has 0 spiro atoms. The molecule has 0 amide bonds. The van der Waals surface area contributed by atoms with E-state index < -0.39 is 0 Å². The van der Waals surface area contributed by atoms with Crippen LogP contribution in [0.4, 0.5) is 0 Å². The van der Waals surface area contributed by atoms with Gasteiger partial charge < -0.3 is 10.1 Å². The fourth-order valence-corrected chi connectivity index (χ4v) is 2.14. The summed E-state index contributed by atoms with van der Waals surface area (Å²) in [6.45, 7) is 10.5. The van der Waals surface area contributed by atoms with Crippen molar-refractivity contribution in [2.75, 3.05) is 13.2 Å². The van der Waals surface area contributed by atoms with Gasteiger partial charge in [0, 0.05) is 6.04 Å². The van der Waals surface area contributed by atoms with Crippen LogP contribution in [0.1, 0.15) is 52.1 Å². The number of benzene rings is 1. The van der Waals surface area contributed by atoms with E-state index in [0.717, 1.165) is 24.8 Å². The van der Waals surface area contributed by atoms with Crippen molar-refractivity contribution in [1.82, 2.24) is 5.32 Å². The molecular weight excluding hydrogens is 222 g/mol. The molecule has 18 heavy (non-hydrogen) atoms. The minimum atomic E-state index is 0.436. The van der Waals surface area contributed by atoms with Gasteiger partial charge in [0.25, 0.3) is 0 Å². The van der Waals surface area contributed by atoms with Crippen molar-refractivity contribution in [3.63, 3.8) is 0 Å². The Morgan fingerprint density at radius 1 is 1.22 bits per heavy atom. The Hall–Kier alpha value is -1.02. The first-order valence-electron chi connectivity index (χ1n) is 7.17. The average molecular weight is 249 g/mol. The van der Waals surface area contributed by atoms with Gasteiger partial charge in [0.05, 0.1) is 6.61 Å². The molecule has 1 aromatic rings. The van der Waals surface area contributed by atoms with Crippen LogP contribution in [0.2, 0.25) is 0 Å². The monoisotopic (exact) mass is 249 g/mol. The summed E-state index contributed by atoms with van der Waals surface area (Å²) in [6, 6.07) is 8.91. The van der Waals surface area contributed by atoms with E-state index in [0.29, 0.717) is 6.04 Å². The van der Waals surface area contributed by atoms with E-state index >= 15 is 0 Å². The average Bonchev–Trinajstić information content (AvgIpc) is 2.39. The molecule has 0 radical (unpaired) electrons. The van der Waals surface area contributed by atoms with Gasteiger partial charge in [0.15, 0.2) is 0 Å². The van der Waals surface area contributed by atoms with E-state index in [-0.39, 0.29) is 0 Å². The van der Waals surface area contributed by atoms with Crippen molar-refractivity contribution in [2.24, 2.45) is 5.92 Å². The highest BCUT2D eigenvalue weighted by molar-refractivity contribution is 5.30. The van der Waals surface area contributed by atoms with Crippen LogP contribution in [-0.2, 0) is 0 Å². The van der Waals surface area contributed by atoms with Crippen LogP contribution in [0, 0.1) is 5.92 Å². The smallest absolute Gasteiger partial charge is 0.119 e. The lowest BCUT2D eigenvalue weighted by Gasteiger charge is -2.22. The van der Waals surface area contributed by atoms with E-state index in [1.807, 2.05) is 13.0 Å². The van der Waals surface area contributed by atoms with E-state index in [2.05, 4.69) is 44.3 Å². The number of hydrogen-bond acceptors (Lipinski definition) is 2. The zero-order valence-corrected chi connectivity index (χ0v) is 12.2. The van der Waals surface area contributed by atoms with Gasteiger partial charge in [0.1, 0.15) is 5.75 Å². The standard InChI is InChI=1S/C16H27NO/c1-5-13(4)11-16(17-6-2)14-9-8-10-15(12-14)18-7-3/h8-10,12-13,16-17H,5-7,11H2,1-4H3.